The summed E-state index contributed by atoms with van der Waals surface area (Å²) in [6, 6.07) is 9.99. The van der Waals surface area contributed by atoms with Crippen molar-refractivity contribution < 1.29 is 18.6 Å². The van der Waals surface area contributed by atoms with E-state index in [4.69, 9.17) is 25.8 Å². The maximum Gasteiger partial charge on any atom is 0.267 e. The fourth-order valence-electron chi connectivity index (χ4n) is 3.49. The Morgan fingerprint density at radius 3 is 2.87 bits per heavy atom. The van der Waals surface area contributed by atoms with Crippen molar-refractivity contribution in [2.45, 2.75) is 5.85 Å². The number of nitrogens with one attached hydrogen (secondary N) is 2. The highest BCUT2D eigenvalue weighted by atomic mass is 35.5. The molecule has 0 bridgehead atoms. The molecule has 1 saturated heterocycles. The first kappa shape index (κ1) is 20.9. The van der Waals surface area contributed by atoms with E-state index >= 15 is 0 Å². The molecule has 2 heterocycles. The van der Waals surface area contributed by atoms with Gasteiger partial charge >= 0.3 is 0 Å². The van der Waals surface area contributed by atoms with Gasteiger partial charge in [-0.1, -0.05) is 11.6 Å². The number of fused-ring (bicyclic) bond motifs is 1. The van der Waals surface area contributed by atoms with E-state index in [1.54, 1.807) is 12.1 Å². The van der Waals surface area contributed by atoms with Crippen LogP contribution in [0.25, 0.3) is 0 Å². The van der Waals surface area contributed by atoms with E-state index < -0.39 is 11.7 Å². The van der Waals surface area contributed by atoms with Crippen LogP contribution in [-0.2, 0) is 15.3 Å². The van der Waals surface area contributed by atoms with Crippen LogP contribution in [0.3, 0.4) is 0 Å². The first-order valence-electron chi connectivity index (χ1n) is 9.76. The summed E-state index contributed by atoms with van der Waals surface area (Å²) < 4.78 is 31.3. The highest BCUT2D eigenvalue weighted by Crippen LogP contribution is 2.38. The Morgan fingerprint density at radius 1 is 1.27 bits per heavy atom. The van der Waals surface area contributed by atoms with E-state index in [9.17, 15) is 4.39 Å². The van der Waals surface area contributed by atoms with Gasteiger partial charge in [-0.05, 0) is 30.3 Å². The molecule has 4 rings (SSSR count). The number of morpholine rings is 1. The zero-order valence-corrected chi connectivity index (χ0v) is 17.4. The maximum atomic E-state index is 14.3. The minimum Gasteiger partial charge on any atom is -0.492 e. The molecule has 2 aliphatic rings. The second-order valence-electron chi connectivity index (χ2n) is 7.01. The smallest absolute Gasteiger partial charge is 0.267 e. The first-order valence-corrected chi connectivity index (χ1v) is 10.1. The fourth-order valence-corrected chi connectivity index (χ4v) is 3.65. The lowest BCUT2D eigenvalue weighted by molar-refractivity contribution is 0.0188. The highest BCUT2D eigenvalue weighted by molar-refractivity contribution is 6.30. The summed E-state index contributed by atoms with van der Waals surface area (Å²) in [6.07, 6.45) is 1.52. The molecule has 0 amide bonds. The molecule has 0 saturated carbocycles. The van der Waals surface area contributed by atoms with Gasteiger partial charge in [-0.2, -0.15) is 0 Å². The van der Waals surface area contributed by atoms with E-state index in [-0.39, 0.29) is 5.69 Å². The zero-order valence-electron chi connectivity index (χ0n) is 16.7. The molecule has 160 valence electrons. The summed E-state index contributed by atoms with van der Waals surface area (Å²) in [5, 5.41) is 6.47. The topological polar surface area (TPSA) is 67.3 Å². The van der Waals surface area contributed by atoms with E-state index in [0.717, 1.165) is 44.3 Å². The number of nitrogens with zero attached hydrogens (tertiary/aromatic N) is 2. The van der Waals surface area contributed by atoms with Gasteiger partial charge in [0.25, 0.3) is 5.85 Å². The van der Waals surface area contributed by atoms with Crippen molar-refractivity contribution >= 4 is 29.3 Å². The SMILES string of the molecule is COC1(Nc2ccc(Cl)cc2F)N=CNc2cc(OCCN3CCOCC3)ccc21. The van der Waals surface area contributed by atoms with Crippen LogP contribution in [0.1, 0.15) is 5.56 Å². The van der Waals surface area contributed by atoms with Crippen molar-refractivity contribution in [3.63, 3.8) is 0 Å². The van der Waals surface area contributed by atoms with Gasteiger partial charge in [-0.25, -0.2) is 9.38 Å². The summed E-state index contributed by atoms with van der Waals surface area (Å²) in [5.41, 5.74) is 1.71. The Morgan fingerprint density at radius 2 is 2.10 bits per heavy atom. The number of methoxy groups -OCH3 is 1. The lowest BCUT2D eigenvalue weighted by Gasteiger charge is -2.34. The quantitative estimate of drug-likeness (QED) is 0.650. The van der Waals surface area contributed by atoms with E-state index in [2.05, 4.69) is 20.5 Å². The largest absolute Gasteiger partial charge is 0.492 e. The van der Waals surface area contributed by atoms with E-state index in [1.807, 2.05) is 18.2 Å². The minimum atomic E-state index is -1.28. The Bertz CT molecular complexity index is 923. The van der Waals surface area contributed by atoms with Gasteiger partial charge < -0.3 is 24.8 Å². The van der Waals surface area contributed by atoms with Crippen molar-refractivity contribution in [2.75, 3.05) is 57.2 Å². The number of rotatable bonds is 7. The van der Waals surface area contributed by atoms with Crippen molar-refractivity contribution in [2.24, 2.45) is 4.99 Å². The molecule has 2 aliphatic heterocycles. The standard InChI is InChI=1S/C21H24ClFN4O3/c1-28-21(26-19-5-2-15(22)12-18(19)23)17-4-3-16(13-20(17)24-14-25-21)30-11-8-27-6-9-29-10-7-27/h2-5,12-14,26H,6-11H2,1H3,(H,24,25). The number of benzene rings is 2. The summed E-state index contributed by atoms with van der Waals surface area (Å²) >= 11 is 5.86. The number of aliphatic imine (C=N–C) groups is 1. The monoisotopic (exact) mass is 434 g/mol. The predicted molar refractivity (Wildman–Crippen MR) is 115 cm³/mol. The number of ether oxygens (including phenoxy) is 3. The van der Waals surface area contributed by atoms with Crippen LogP contribution in [0.4, 0.5) is 15.8 Å². The van der Waals surface area contributed by atoms with Crippen LogP contribution >= 0.6 is 11.6 Å². The Labute approximate surface area is 179 Å². The van der Waals surface area contributed by atoms with Gasteiger partial charge in [0.2, 0.25) is 0 Å². The molecule has 1 atom stereocenters. The average molecular weight is 435 g/mol. The van der Waals surface area contributed by atoms with Crippen molar-refractivity contribution in [1.82, 2.24) is 4.90 Å². The Kier molecular flexibility index (Phi) is 6.38. The van der Waals surface area contributed by atoms with E-state index in [1.165, 1.54) is 19.5 Å². The summed E-state index contributed by atoms with van der Waals surface area (Å²) in [6.45, 7) is 4.81. The van der Waals surface area contributed by atoms with Crippen LogP contribution in [0.5, 0.6) is 5.75 Å². The van der Waals surface area contributed by atoms with Gasteiger partial charge in [0.05, 0.1) is 36.5 Å². The Balaban J connectivity index is 1.49. The molecular formula is C21H24ClFN4O3. The van der Waals surface area contributed by atoms with Crippen molar-refractivity contribution in [1.29, 1.82) is 0 Å². The molecule has 1 unspecified atom stereocenters. The molecule has 0 aliphatic carbocycles. The van der Waals surface area contributed by atoms with Gasteiger partial charge in [0, 0.05) is 37.8 Å². The van der Waals surface area contributed by atoms with Gasteiger partial charge in [0.1, 0.15) is 18.2 Å². The molecule has 7 nitrogen and oxygen atoms in total. The van der Waals surface area contributed by atoms with Crippen LogP contribution < -0.4 is 15.4 Å². The molecule has 30 heavy (non-hydrogen) atoms. The fraction of sp³-hybridized carbons (Fsp3) is 0.381. The minimum absolute atomic E-state index is 0.233. The number of anilines is 2. The third kappa shape index (κ3) is 4.52. The third-order valence-corrected chi connectivity index (χ3v) is 5.37. The van der Waals surface area contributed by atoms with Crippen LogP contribution in [0.2, 0.25) is 5.02 Å². The van der Waals surface area contributed by atoms with Crippen LogP contribution in [0, 0.1) is 5.82 Å². The molecular weight excluding hydrogens is 411 g/mol. The van der Waals surface area contributed by atoms with Crippen molar-refractivity contribution in [3.05, 3.63) is 52.8 Å². The van der Waals surface area contributed by atoms with Gasteiger partial charge in [-0.3, -0.25) is 4.90 Å². The van der Waals surface area contributed by atoms with E-state index in [0.29, 0.717) is 17.2 Å². The molecule has 0 radical (unpaired) electrons. The average Bonchev–Trinajstić information content (AvgIpc) is 2.76. The van der Waals surface area contributed by atoms with Crippen LogP contribution in [-0.4, -0.2) is 57.8 Å². The van der Waals surface area contributed by atoms with Gasteiger partial charge in [0.15, 0.2) is 0 Å². The normalized spacial score (nSPS) is 21.0. The molecule has 0 spiro atoms. The van der Waals surface area contributed by atoms with Crippen LogP contribution in [0.15, 0.2) is 41.4 Å². The number of hydrogen-bond acceptors (Lipinski definition) is 7. The predicted octanol–water partition coefficient (Wildman–Crippen LogP) is 3.51. The molecule has 2 N–H and O–H groups in total. The molecule has 0 aromatic heterocycles. The number of hydrogen-bond donors (Lipinski definition) is 2. The molecule has 2 aromatic rings. The molecule has 2 aromatic carbocycles. The lowest BCUT2D eigenvalue weighted by Crippen LogP contribution is -2.39. The summed E-state index contributed by atoms with van der Waals surface area (Å²) in [5.74, 6) is -1.04. The maximum absolute atomic E-state index is 14.3. The van der Waals surface area contributed by atoms with Crippen molar-refractivity contribution in [3.8, 4) is 5.75 Å². The second-order valence-corrected chi connectivity index (χ2v) is 7.45. The summed E-state index contributed by atoms with van der Waals surface area (Å²) in [4.78, 5) is 6.72. The second kappa shape index (κ2) is 9.18. The zero-order chi connectivity index (χ0) is 21.0. The molecule has 1 fully saturated rings. The molecule has 9 heteroatoms. The third-order valence-electron chi connectivity index (χ3n) is 5.13. The lowest BCUT2D eigenvalue weighted by atomic mass is 10.1. The highest BCUT2D eigenvalue weighted by Gasteiger charge is 2.37. The first-order chi connectivity index (χ1) is 14.6. The summed E-state index contributed by atoms with van der Waals surface area (Å²) in [7, 11) is 1.51. The Hall–Kier alpha value is -2.39. The number of halogens is 2. The van der Waals surface area contributed by atoms with Gasteiger partial charge in [-0.15, -0.1) is 0 Å².